The quantitative estimate of drug-likeness (QED) is 0.693. The predicted octanol–water partition coefficient (Wildman–Crippen LogP) is -0.577. The van der Waals surface area contributed by atoms with Gasteiger partial charge in [-0.1, -0.05) is 30.3 Å². The molecule has 7 nitrogen and oxygen atoms in total. The van der Waals surface area contributed by atoms with E-state index in [0.717, 1.165) is 32.0 Å². The minimum atomic E-state index is -2.07. The Morgan fingerprint density at radius 2 is 1.81 bits per heavy atom. The van der Waals surface area contributed by atoms with Crippen LogP contribution in [0.15, 0.2) is 30.3 Å². The zero-order valence-corrected chi connectivity index (χ0v) is 14.9. The maximum Gasteiger partial charge on any atom is 0.351 e. The highest BCUT2D eigenvalue weighted by Crippen LogP contribution is 2.21. The highest BCUT2D eigenvalue weighted by Gasteiger charge is 2.25. The largest absolute Gasteiger partial charge is 0.539 e. The van der Waals surface area contributed by atoms with Crippen molar-refractivity contribution >= 4 is 11.9 Å². The first kappa shape index (κ1) is 20.4. The molecule has 2 heterocycles. The van der Waals surface area contributed by atoms with E-state index in [-0.39, 0.29) is 6.29 Å². The maximum absolute atomic E-state index is 9.04. The second kappa shape index (κ2) is 10.9. The molecule has 1 aromatic rings. The molecule has 2 aliphatic rings. The number of nitrogens with one attached hydrogen (secondary N) is 1. The van der Waals surface area contributed by atoms with Crippen molar-refractivity contribution in [2.24, 2.45) is 0 Å². The van der Waals surface area contributed by atoms with Crippen LogP contribution in [0.2, 0.25) is 0 Å². The predicted molar refractivity (Wildman–Crippen MR) is 91.5 cm³/mol. The molecule has 26 heavy (non-hydrogen) atoms. The molecule has 0 radical (unpaired) electrons. The van der Waals surface area contributed by atoms with E-state index in [2.05, 4.69) is 30.3 Å². The molecule has 0 aliphatic carbocycles. The van der Waals surface area contributed by atoms with Gasteiger partial charge in [-0.2, -0.15) is 0 Å². The zero-order chi connectivity index (χ0) is 18.8. The van der Waals surface area contributed by atoms with Gasteiger partial charge in [-0.15, -0.1) is 0 Å². The van der Waals surface area contributed by atoms with Crippen LogP contribution in [-0.2, 0) is 19.1 Å². The molecule has 1 aromatic carbocycles. The number of carbonyl (C=O) groups is 2. The van der Waals surface area contributed by atoms with E-state index in [1.54, 1.807) is 4.90 Å². The van der Waals surface area contributed by atoms with Crippen molar-refractivity contribution in [1.82, 2.24) is 0 Å². The van der Waals surface area contributed by atoms with E-state index in [1.807, 2.05) is 0 Å². The Morgan fingerprint density at radius 1 is 1.15 bits per heavy atom. The van der Waals surface area contributed by atoms with Crippen molar-refractivity contribution in [3.05, 3.63) is 35.9 Å². The van der Waals surface area contributed by atoms with E-state index in [9.17, 15) is 0 Å². The molecule has 2 N–H and O–H groups in total. The van der Waals surface area contributed by atoms with Crippen LogP contribution < -0.4 is 10.0 Å². The van der Waals surface area contributed by atoms with Gasteiger partial charge in [0, 0.05) is 12.3 Å². The smallest absolute Gasteiger partial charge is 0.351 e. The summed E-state index contributed by atoms with van der Waals surface area (Å²) in [6.45, 7) is 5.47. The van der Waals surface area contributed by atoms with E-state index in [0.29, 0.717) is 0 Å². The number of carboxylic acids is 2. The third kappa shape index (κ3) is 7.11. The summed E-state index contributed by atoms with van der Waals surface area (Å²) in [5.74, 6) is -3.28. The Hall–Kier alpha value is -1.96. The molecule has 144 valence electrons. The van der Waals surface area contributed by atoms with Gasteiger partial charge in [0.25, 0.3) is 0 Å². The van der Waals surface area contributed by atoms with Gasteiger partial charge in [0.05, 0.1) is 32.8 Å². The van der Waals surface area contributed by atoms with Crippen molar-refractivity contribution in [3.63, 3.8) is 0 Å². The number of piperidine rings is 1. The number of hydrogen-bond donors (Lipinski definition) is 2. The van der Waals surface area contributed by atoms with Gasteiger partial charge in [0.1, 0.15) is 0 Å². The van der Waals surface area contributed by atoms with Crippen LogP contribution in [0.3, 0.4) is 0 Å². The topological polar surface area (TPSA) is 100 Å². The molecule has 2 fully saturated rings. The number of carboxylic acid groups (broad SMARTS) is 2. The number of carbonyl (C=O) groups excluding carboxylic acids is 1. The van der Waals surface area contributed by atoms with Gasteiger partial charge in [-0.3, -0.25) is 0 Å². The summed E-state index contributed by atoms with van der Waals surface area (Å²) in [6, 6.07) is 11.0. The van der Waals surface area contributed by atoms with Gasteiger partial charge >= 0.3 is 5.97 Å². The molecule has 7 heteroatoms. The van der Waals surface area contributed by atoms with E-state index < -0.39 is 11.9 Å². The first-order chi connectivity index (χ1) is 12.6. The number of hydrogen-bond acceptors (Lipinski definition) is 5. The minimum Gasteiger partial charge on any atom is -0.539 e. The lowest BCUT2D eigenvalue weighted by Crippen LogP contribution is -3.13. The van der Waals surface area contributed by atoms with Crippen molar-refractivity contribution in [1.29, 1.82) is 0 Å². The minimum absolute atomic E-state index is 0.0494. The molecular formula is C19H27NO6. The maximum atomic E-state index is 9.04. The lowest BCUT2D eigenvalue weighted by Gasteiger charge is -2.31. The fraction of sp³-hybridized carbons (Fsp3) is 0.579. The first-order valence-corrected chi connectivity index (χ1v) is 9.12. The summed E-state index contributed by atoms with van der Waals surface area (Å²) in [5.41, 5.74) is 1.51. The Balaban J connectivity index is 0.000000352. The average Bonchev–Trinajstić information content (AvgIpc) is 2.68. The Kier molecular flexibility index (Phi) is 8.53. The van der Waals surface area contributed by atoms with Crippen molar-refractivity contribution in [2.45, 2.75) is 37.9 Å². The normalized spacial score (nSPS) is 23.5. The Labute approximate surface area is 153 Å². The Bertz CT molecular complexity index is 546. The van der Waals surface area contributed by atoms with E-state index >= 15 is 0 Å². The number of aliphatic carboxylic acids is 2. The monoisotopic (exact) mass is 365 g/mol. The van der Waals surface area contributed by atoms with Gasteiger partial charge in [-0.25, -0.2) is 4.79 Å². The number of rotatable bonds is 4. The standard InChI is InChI=1S/C17H25NO2.C2H2O4/c1-2-6-15(7-3-1)16-8-4-10-18(14-16)11-9-17-19-12-5-13-20-17;3-1(4)2(5)6/h1-3,6-7,16-17H,4-5,8-14H2;(H,3,4)(H,5,6). The van der Waals surface area contributed by atoms with E-state index in [4.69, 9.17) is 29.3 Å². The van der Waals surface area contributed by atoms with Crippen LogP contribution in [0.5, 0.6) is 0 Å². The van der Waals surface area contributed by atoms with Gasteiger partial charge < -0.3 is 29.4 Å². The summed E-state index contributed by atoms with van der Waals surface area (Å²) in [7, 11) is 0. The number of ether oxygens (including phenoxy) is 2. The molecule has 2 unspecified atom stereocenters. The second-order valence-corrected chi connectivity index (χ2v) is 6.61. The third-order valence-corrected chi connectivity index (χ3v) is 4.69. The summed E-state index contributed by atoms with van der Waals surface area (Å²) in [4.78, 5) is 19.7. The molecule has 0 bridgehead atoms. The molecular weight excluding hydrogens is 338 g/mol. The van der Waals surface area contributed by atoms with E-state index in [1.165, 1.54) is 38.0 Å². The van der Waals surface area contributed by atoms with Crippen molar-refractivity contribution in [3.8, 4) is 0 Å². The number of quaternary nitrogens is 1. The van der Waals surface area contributed by atoms with Crippen LogP contribution in [-0.4, -0.2) is 56.2 Å². The third-order valence-electron chi connectivity index (χ3n) is 4.69. The number of benzene rings is 1. The van der Waals surface area contributed by atoms with Gasteiger partial charge in [0.15, 0.2) is 12.3 Å². The molecule has 0 amide bonds. The van der Waals surface area contributed by atoms with Crippen molar-refractivity contribution < 1.29 is 34.2 Å². The first-order valence-electron chi connectivity index (χ1n) is 9.12. The molecule has 3 rings (SSSR count). The highest BCUT2D eigenvalue weighted by molar-refractivity contribution is 6.26. The SMILES string of the molecule is O=C([O-])C(=O)O.c1ccc(C2CCC[NH+](CCC3OCCCO3)C2)cc1. The molecule has 2 saturated heterocycles. The van der Waals surface area contributed by atoms with Gasteiger partial charge in [-0.05, 0) is 24.8 Å². The fourth-order valence-corrected chi connectivity index (χ4v) is 3.41. The summed E-state index contributed by atoms with van der Waals surface area (Å²) in [5, 5.41) is 16.3. The molecule has 0 aromatic heterocycles. The van der Waals surface area contributed by atoms with Crippen LogP contribution in [0.1, 0.15) is 37.2 Å². The van der Waals surface area contributed by atoms with Crippen LogP contribution in [0, 0.1) is 0 Å². The van der Waals surface area contributed by atoms with Crippen LogP contribution in [0.25, 0.3) is 0 Å². The summed E-state index contributed by atoms with van der Waals surface area (Å²) < 4.78 is 11.3. The van der Waals surface area contributed by atoms with Crippen molar-refractivity contribution in [2.75, 3.05) is 32.8 Å². The lowest BCUT2D eigenvalue weighted by molar-refractivity contribution is -0.907. The van der Waals surface area contributed by atoms with Crippen LogP contribution in [0.4, 0.5) is 0 Å². The fourth-order valence-electron chi connectivity index (χ4n) is 3.41. The summed E-state index contributed by atoms with van der Waals surface area (Å²) >= 11 is 0. The average molecular weight is 365 g/mol. The van der Waals surface area contributed by atoms with Gasteiger partial charge in [0.2, 0.25) is 0 Å². The molecule has 0 saturated carbocycles. The molecule has 0 spiro atoms. The number of likely N-dealkylation sites (tertiary alicyclic amines) is 1. The highest BCUT2D eigenvalue weighted by atomic mass is 16.7. The zero-order valence-electron chi connectivity index (χ0n) is 14.9. The van der Waals surface area contributed by atoms with Crippen LogP contribution >= 0.6 is 0 Å². The second-order valence-electron chi connectivity index (χ2n) is 6.61. The molecule has 2 atom stereocenters. The lowest BCUT2D eigenvalue weighted by atomic mass is 9.90. The molecule has 2 aliphatic heterocycles. The summed E-state index contributed by atoms with van der Waals surface area (Å²) in [6.07, 6.45) is 4.80. The Morgan fingerprint density at radius 3 is 2.42 bits per heavy atom.